The van der Waals surface area contributed by atoms with Crippen LogP contribution < -0.4 is 0 Å². The summed E-state index contributed by atoms with van der Waals surface area (Å²) >= 11 is 12.6. The number of hydrogen-bond acceptors (Lipinski definition) is 2. The van der Waals surface area contributed by atoms with E-state index in [-0.39, 0.29) is 0 Å². The van der Waals surface area contributed by atoms with Gasteiger partial charge in [0.15, 0.2) is 5.41 Å². The van der Waals surface area contributed by atoms with Crippen LogP contribution in [0.2, 0.25) is 0 Å². The summed E-state index contributed by atoms with van der Waals surface area (Å²) in [6.45, 7) is 7.00. The van der Waals surface area contributed by atoms with Crippen molar-refractivity contribution in [3.63, 3.8) is 0 Å². The number of hydrogen-bond donors (Lipinski definition) is 0. The topological polar surface area (TPSA) is 18.5 Å². The maximum absolute atomic E-state index is 6.77. The van der Waals surface area contributed by atoms with E-state index in [1.54, 1.807) is 0 Å². The number of rotatable bonds is 7. The van der Waals surface area contributed by atoms with Gasteiger partial charge in [-0.05, 0) is 31.9 Å². The number of alkyl halides is 2. The molecule has 1 unspecified atom stereocenters. The van der Waals surface area contributed by atoms with Crippen molar-refractivity contribution in [2.45, 2.75) is 36.9 Å². The summed E-state index contributed by atoms with van der Waals surface area (Å²) < 4.78 is 11.7. The molecule has 19 heavy (non-hydrogen) atoms. The molecule has 0 heterocycles. The summed E-state index contributed by atoms with van der Waals surface area (Å²) in [4.78, 5) is -0.712. The second kappa shape index (κ2) is 7.09. The maximum Gasteiger partial charge on any atom is 0.163 e. The standard InChI is InChI=1S/C14H22Cl2O2Si/c1-4-17-14(19,18-5-2)13(3,16)12-8-6-11(10-15)7-9-12/h6-9H,4-5,10H2,1-3,19H3. The smallest absolute Gasteiger partial charge is 0.163 e. The minimum Gasteiger partial charge on any atom is -0.353 e. The van der Waals surface area contributed by atoms with E-state index in [2.05, 4.69) is 0 Å². The van der Waals surface area contributed by atoms with Gasteiger partial charge in [0.1, 0.15) is 4.87 Å². The van der Waals surface area contributed by atoms with Crippen LogP contribution in [0.4, 0.5) is 0 Å². The van der Waals surface area contributed by atoms with Crippen LogP contribution in [0, 0.1) is 0 Å². The van der Waals surface area contributed by atoms with Crippen molar-refractivity contribution in [2.24, 2.45) is 0 Å². The Morgan fingerprint density at radius 1 is 1.11 bits per heavy atom. The van der Waals surface area contributed by atoms with E-state index in [9.17, 15) is 0 Å². The third-order valence-corrected chi connectivity index (χ3v) is 6.11. The molecule has 0 radical (unpaired) electrons. The van der Waals surface area contributed by atoms with Gasteiger partial charge >= 0.3 is 0 Å². The molecule has 0 N–H and O–H groups in total. The van der Waals surface area contributed by atoms with E-state index in [1.165, 1.54) is 0 Å². The first-order chi connectivity index (χ1) is 8.91. The van der Waals surface area contributed by atoms with Crippen LogP contribution in [0.1, 0.15) is 31.9 Å². The highest BCUT2D eigenvalue weighted by molar-refractivity contribution is 6.30. The van der Waals surface area contributed by atoms with E-state index >= 15 is 0 Å². The van der Waals surface area contributed by atoms with Crippen LogP contribution >= 0.6 is 23.2 Å². The Morgan fingerprint density at radius 3 is 1.95 bits per heavy atom. The number of ether oxygens (including phenoxy) is 2. The van der Waals surface area contributed by atoms with Crippen molar-refractivity contribution in [1.29, 1.82) is 0 Å². The molecule has 0 fully saturated rings. The van der Waals surface area contributed by atoms with E-state index < -0.39 is 10.3 Å². The average molecular weight is 321 g/mol. The van der Waals surface area contributed by atoms with Crippen LogP contribution in [0.5, 0.6) is 0 Å². The summed E-state index contributed by atoms with van der Waals surface area (Å²) in [6.07, 6.45) is 0. The first-order valence-electron chi connectivity index (χ1n) is 6.53. The molecule has 2 nitrogen and oxygen atoms in total. The van der Waals surface area contributed by atoms with Crippen LogP contribution in [0.3, 0.4) is 0 Å². The SMILES string of the molecule is CCOC([SiH3])(OCC)C(C)(Cl)c1ccc(CCl)cc1. The summed E-state index contributed by atoms with van der Waals surface area (Å²) in [5.41, 5.74) is 1.32. The molecular formula is C14H22Cl2O2Si. The normalized spacial score (nSPS) is 15.4. The zero-order valence-electron chi connectivity index (χ0n) is 12.0. The van der Waals surface area contributed by atoms with Crippen molar-refractivity contribution in [1.82, 2.24) is 0 Å². The fourth-order valence-corrected chi connectivity index (χ4v) is 3.31. The van der Waals surface area contributed by atoms with Crippen LogP contribution in [-0.2, 0) is 20.2 Å². The van der Waals surface area contributed by atoms with E-state index in [0.29, 0.717) is 29.3 Å². The van der Waals surface area contributed by atoms with Crippen LogP contribution in [-0.4, -0.2) is 28.9 Å². The Bertz CT molecular complexity index is 387. The molecule has 5 heteroatoms. The monoisotopic (exact) mass is 320 g/mol. The zero-order chi connectivity index (χ0) is 14.5. The molecule has 0 aliphatic carbocycles. The lowest BCUT2D eigenvalue weighted by Gasteiger charge is -2.42. The highest BCUT2D eigenvalue weighted by atomic mass is 35.5. The quantitative estimate of drug-likeness (QED) is 0.437. The Kier molecular flexibility index (Phi) is 6.34. The Morgan fingerprint density at radius 2 is 1.58 bits per heavy atom. The minimum atomic E-state index is -0.736. The van der Waals surface area contributed by atoms with E-state index in [1.807, 2.05) is 45.0 Å². The maximum atomic E-state index is 6.77. The van der Waals surface area contributed by atoms with Gasteiger partial charge in [-0.15, -0.1) is 23.2 Å². The van der Waals surface area contributed by atoms with E-state index in [4.69, 9.17) is 32.7 Å². The second-order valence-electron chi connectivity index (χ2n) is 4.65. The molecular weight excluding hydrogens is 299 g/mol. The molecule has 0 saturated heterocycles. The lowest BCUT2D eigenvalue weighted by atomic mass is 9.98. The van der Waals surface area contributed by atoms with Crippen LogP contribution in [0.15, 0.2) is 24.3 Å². The molecule has 0 aromatic heterocycles. The Hall–Kier alpha value is -0.0631. The molecule has 1 aromatic carbocycles. The highest BCUT2D eigenvalue weighted by Gasteiger charge is 2.46. The first kappa shape index (κ1) is 17.0. The summed E-state index contributed by atoms with van der Waals surface area (Å²) in [7, 11) is 0.678. The molecule has 0 saturated carbocycles. The lowest BCUT2D eigenvalue weighted by molar-refractivity contribution is -0.194. The predicted molar refractivity (Wildman–Crippen MR) is 85.1 cm³/mol. The lowest BCUT2D eigenvalue weighted by Crippen LogP contribution is -2.51. The Labute approximate surface area is 128 Å². The van der Waals surface area contributed by atoms with E-state index in [0.717, 1.165) is 11.1 Å². The molecule has 1 atom stereocenters. The van der Waals surface area contributed by atoms with Gasteiger partial charge in [0, 0.05) is 19.1 Å². The zero-order valence-corrected chi connectivity index (χ0v) is 15.5. The van der Waals surface area contributed by atoms with Gasteiger partial charge in [0.05, 0.1) is 10.2 Å². The molecule has 0 amide bonds. The van der Waals surface area contributed by atoms with Crippen LogP contribution in [0.25, 0.3) is 0 Å². The second-order valence-corrected chi connectivity index (χ2v) is 6.98. The highest BCUT2D eigenvalue weighted by Crippen LogP contribution is 2.41. The fourth-order valence-electron chi connectivity index (χ4n) is 2.03. The van der Waals surface area contributed by atoms with Crippen molar-refractivity contribution in [2.75, 3.05) is 13.2 Å². The van der Waals surface area contributed by atoms with Gasteiger partial charge in [0.25, 0.3) is 0 Å². The number of benzene rings is 1. The summed E-state index contributed by atoms with van der Waals surface area (Å²) in [5.74, 6) is 0.502. The summed E-state index contributed by atoms with van der Waals surface area (Å²) in [5, 5.41) is 0. The van der Waals surface area contributed by atoms with Gasteiger partial charge in [-0.1, -0.05) is 24.3 Å². The largest absolute Gasteiger partial charge is 0.353 e. The van der Waals surface area contributed by atoms with Crippen molar-refractivity contribution in [3.05, 3.63) is 35.4 Å². The molecule has 1 aromatic rings. The molecule has 0 aliphatic heterocycles. The Balaban J connectivity index is 3.09. The summed E-state index contributed by atoms with van der Waals surface area (Å²) in [6, 6.07) is 7.97. The van der Waals surface area contributed by atoms with Crippen molar-refractivity contribution >= 4 is 33.4 Å². The van der Waals surface area contributed by atoms with Gasteiger partial charge in [-0.25, -0.2) is 0 Å². The average Bonchev–Trinajstić information content (AvgIpc) is 2.39. The van der Waals surface area contributed by atoms with Crippen molar-refractivity contribution < 1.29 is 9.47 Å². The third-order valence-electron chi connectivity index (χ3n) is 3.34. The van der Waals surface area contributed by atoms with Gasteiger partial charge in [-0.2, -0.15) is 0 Å². The van der Waals surface area contributed by atoms with Crippen molar-refractivity contribution in [3.8, 4) is 0 Å². The minimum absolute atomic E-state index is 0.502. The van der Waals surface area contributed by atoms with Gasteiger partial charge < -0.3 is 9.47 Å². The molecule has 0 bridgehead atoms. The molecule has 0 spiro atoms. The van der Waals surface area contributed by atoms with Gasteiger partial charge in [0.2, 0.25) is 0 Å². The molecule has 0 aliphatic rings. The van der Waals surface area contributed by atoms with Gasteiger partial charge in [-0.3, -0.25) is 0 Å². The molecule has 108 valence electrons. The predicted octanol–water partition coefficient (Wildman–Crippen LogP) is 2.97. The number of halogens is 2. The molecule has 1 rings (SSSR count). The third kappa shape index (κ3) is 3.73. The first-order valence-corrected chi connectivity index (χ1v) is 8.44. The fraction of sp³-hybridized carbons (Fsp3) is 0.571.